The fourth-order valence-corrected chi connectivity index (χ4v) is 3.62. The molecule has 1 aromatic carbocycles. The highest BCUT2D eigenvalue weighted by Gasteiger charge is 2.20. The van der Waals surface area contributed by atoms with Crippen molar-refractivity contribution in [3.63, 3.8) is 0 Å². The number of hydrogen-bond acceptors (Lipinski definition) is 5. The van der Waals surface area contributed by atoms with Crippen molar-refractivity contribution in [3.05, 3.63) is 29.8 Å². The van der Waals surface area contributed by atoms with Gasteiger partial charge < -0.3 is 15.0 Å². The first-order valence-electron chi connectivity index (χ1n) is 9.59. The van der Waals surface area contributed by atoms with Gasteiger partial charge in [-0.15, -0.1) is 0 Å². The van der Waals surface area contributed by atoms with Crippen molar-refractivity contribution in [2.75, 3.05) is 59.5 Å². The number of piperidine rings is 1. The third-order valence-electron chi connectivity index (χ3n) is 5.33. The number of nitrogens with zero attached hydrogens (tertiary/aromatic N) is 2. The summed E-state index contributed by atoms with van der Waals surface area (Å²) in [6.45, 7) is 7.38. The number of carbonyl (C=O) groups is 1. The van der Waals surface area contributed by atoms with E-state index in [-0.39, 0.29) is 5.78 Å². The quantitative estimate of drug-likeness (QED) is 0.765. The van der Waals surface area contributed by atoms with E-state index in [1.165, 1.54) is 12.8 Å². The van der Waals surface area contributed by atoms with Crippen molar-refractivity contribution < 1.29 is 9.53 Å². The Balaban J connectivity index is 1.51. The number of hydrogen-bond donors (Lipinski definition) is 1. The van der Waals surface area contributed by atoms with Gasteiger partial charge in [-0.05, 0) is 57.5 Å². The van der Waals surface area contributed by atoms with E-state index in [4.69, 9.17) is 4.74 Å². The molecule has 2 fully saturated rings. The maximum absolute atomic E-state index is 12.7. The van der Waals surface area contributed by atoms with Crippen molar-refractivity contribution in [2.24, 2.45) is 5.92 Å². The van der Waals surface area contributed by atoms with Crippen LogP contribution in [-0.4, -0.2) is 75.1 Å². The molecule has 0 aromatic heterocycles. The van der Waals surface area contributed by atoms with Crippen molar-refractivity contribution in [1.82, 2.24) is 15.1 Å². The number of Topliss-reactive ketones (excluding diaryl/α,β-unsaturated/α-hetero) is 1. The topological polar surface area (TPSA) is 44.8 Å². The van der Waals surface area contributed by atoms with Crippen LogP contribution in [0, 0.1) is 5.92 Å². The molecule has 1 unspecified atom stereocenters. The molecule has 2 aliphatic rings. The van der Waals surface area contributed by atoms with Crippen LogP contribution in [0.2, 0.25) is 0 Å². The summed E-state index contributed by atoms with van der Waals surface area (Å²) in [5.41, 5.74) is 0.725. The maximum atomic E-state index is 12.7. The first-order valence-corrected chi connectivity index (χ1v) is 9.59. The molecule has 0 amide bonds. The Morgan fingerprint density at radius 1 is 1.24 bits per heavy atom. The van der Waals surface area contributed by atoms with E-state index >= 15 is 0 Å². The zero-order valence-electron chi connectivity index (χ0n) is 15.4. The van der Waals surface area contributed by atoms with Crippen LogP contribution in [0.4, 0.5) is 0 Å². The van der Waals surface area contributed by atoms with Crippen molar-refractivity contribution >= 4 is 5.78 Å². The SMILES string of the molecule is CN1CCN(CC(=O)c2ccccc2OCCC2CCCNC2)CC1. The lowest BCUT2D eigenvalue weighted by Crippen LogP contribution is -2.46. The first-order chi connectivity index (χ1) is 12.2. The molecule has 0 bridgehead atoms. The normalized spacial score (nSPS) is 22.7. The smallest absolute Gasteiger partial charge is 0.180 e. The van der Waals surface area contributed by atoms with Crippen LogP contribution >= 0.6 is 0 Å². The monoisotopic (exact) mass is 345 g/mol. The van der Waals surface area contributed by atoms with Crippen LogP contribution in [0.3, 0.4) is 0 Å². The molecule has 1 atom stereocenters. The van der Waals surface area contributed by atoms with Gasteiger partial charge in [-0.3, -0.25) is 9.69 Å². The standard InChI is InChI=1S/C20H31N3O2/c1-22-10-12-23(13-11-22)16-19(24)18-6-2-3-7-20(18)25-14-8-17-5-4-9-21-15-17/h2-3,6-7,17,21H,4-5,8-16H2,1H3. The highest BCUT2D eigenvalue weighted by Crippen LogP contribution is 2.21. The Labute approximate surface area is 151 Å². The molecule has 0 radical (unpaired) electrons. The van der Waals surface area contributed by atoms with Gasteiger partial charge in [0.25, 0.3) is 0 Å². The predicted molar refractivity (Wildman–Crippen MR) is 100 cm³/mol. The van der Waals surface area contributed by atoms with Gasteiger partial charge in [0.15, 0.2) is 5.78 Å². The molecule has 2 saturated heterocycles. The lowest BCUT2D eigenvalue weighted by Gasteiger charge is -2.31. The summed E-state index contributed by atoms with van der Waals surface area (Å²) < 4.78 is 5.99. The molecule has 2 heterocycles. The summed E-state index contributed by atoms with van der Waals surface area (Å²) >= 11 is 0. The fraction of sp³-hybridized carbons (Fsp3) is 0.650. The third kappa shape index (κ3) is 5.53. The number of nitrogens with one attached hydrogen (secondary N) is 1. The average molecular weight is 345 g/mol. The number of likely N-dealkylation sites (N-methyl/N-ethyl adjacent to an activating group) is 1. The van der Waals surface area contributed by atoms with Gasteiger partial charge in [0.1, 0.15) is 5.75 Å². The van der Waals surface area contributed by atoms with Gasteiger partial charge in [0, 0.05) is 26.2 Å². The van der Waals surface area contributed by atoms with Crippen LogP contribution in [0.25, 0.3) is 0 Å². The average Bonchev–Trinajstić information content (AvgIpc) is 2.65. The summed E-state index contributed by atoms with van der Waals surface area (Å²) in [4.78, 5) is 17.3. The van der Waals surface area contributed by atoms with E-state index in [9.17, 15) is 4.79 Å². The molecule has 0 spiro atoms. The van der Waals surface area contributed by atoms with Crippen molar-refractivity contribution in [2.45, 2.75) is 19.3 Å². The number of piperazine rings is 1. The Kier molecular flexibility index (Phi) is 6.84. The zero-order chi connectivity index (χ0) is 17.5. The van der Waals surface area contributed by atoms with Gasteiger partial charge in [0.05, 0.1) is 18.7 Å². The molecule has 1 N–H and O–H groups in total. The molecule has 138 valence electrons. The first kappa shape index (κ1) is 18.4. The van der Waals surface area contributed by atoms with E-state index < -0.39 is 0 Å². The lowest BCUT2D eigenvalue weighted by atomic mass is 9.97. The van der Waals surface area contributed by atoms with Gasteiger partial charge in [-0.25, -0.2) is 0 Å². The molecule has 5 nitrogen and oxygen atoms in total. The fourth-order valence-electron chi connectivity index (χ4n) is 3.62. The molecular weight excluding hydrogens is 314 g/mol. The highest BCUT2D eigenvalue weighted by molar-refractivity contribution is 6.00. The van der Waals surface area contributed by atoms with Crippen molar-refractivity contribution in [3.8, 4) is 5.75 Å². The van der Waals surface area contributed by atoms with E-state index in [1.54, 1.807) is 0 Å². The second kappa shape index (κ2) is 9.32. The number of rotatable bonds is 7. The molecule has 3 rings (SSSR count). The second-order valence-corrected chi connectivity index (χ2v) is 7.35. The van der Waals surface area contributed by atoms with E-state index in [1.807, 2.05) is 24.3 Å². The molecule has 0 aliphatic carbocycles. The summed E-state index contributed by atoms with van der Waals surface area (Å²) in [7, 11) is 2.13. The van der Waals surface area contributed by atoms with Crippen LogP contribution in [0.5, 0.6) is 5.75 Å². The third-order valence-corrected chi connectivity index (χ3v) is 5.33. The number of para-hydroxylation sites is 1. The summed E-state index contributed by atoms with van der Waals surface area (Å²) in [5.74, 6) is 1.60. The maximum Gasteiger partial charge on any atom is 0.180 e. The van der Waals surface area contributed by atoms with Gasteiger partial charge in [-0.1, -0.05) is 12.1 Å². The highest BCUT2D eigenvalue weighted by atomic mass is 16.5. The number of ether oxygens (including phenoxy) is 1. The minimum atomic E-state index is 0.166. The largest absolute Gasteiger partial charge is 0.493 e. The van der Waals surface area contributed by atoms with Crippen LogP contribution < -0.4 is 10.1 Å². The molecule has 2 aliphatic heterocycles. The zero-order valence-corrected chi connectivity index (χ0v) is 15.4. The van der Waals surface area contributed by atoms with E-state index in [0.717, 1.165) is 57.0 Å². The summed E-state index contributed by atoms with van der Waals surface area (Å²) in [6.07, 6.45) is 3.58. The second-order valence-electron chi connectivity index (χ2n) is 7.35. The number of ketones is 1. The minimum absolute atomic E-state index is 0.166. The minimum Gasteiger partial charge on any atom is -0.493 e. The Morgan fingerprint density at radius 2 is 2.04 bits per heavy atom. The molecule has 5 heteroatoms. The number of benzene rings is 1. The van der Waals surface area contributed by atoms with E-state index in [0.29, 0.717) is 19.1 Å². The molecule has 1 aromatic rings. The van der Waals surface area contributed by atoms with E-state index in [2.05, 4.69) is 22.2 Å². The van der Waals surface area contributed by atoms with Gasteiger partial charge in [-0.2, -0.15) is 0 Å². The number of carbonyl (C=O) groups excluding carboxylic acids is 1. The van der Waals surface area contributed by atoms with Gasteiger partial charge in [0.2, 0.25) is 0 Å². The Morgan fingerprint density at radius 3 is 2.80 bits per heavy atom. The summed E-state index contributed by atoms with van der Waals surface area (Å²) in [6, 6.07) is 7.70. The molecule has 0 saturated carbocycles. The van der Waals surface area contributed by atoms with Crippen LogP contribution in [-0.2, 0) is 0 Å². The van der Waals surface area contributed by atoms with Crippen LogP contribution in [0.1, 0.15) is 29.6 Å². The predicted octanol–water partition coefficient (Wildman–Crippen LogP) is 1.89. The summed E-state index contributed by atoms with van der Waals surface area (Å²) in [5, 5.41) is 3.44. The van der Waals surface area contributed by atoms with Crippen LogP contribution in [0.15, 0.2) is 24.3 Å². The van der Waals surface area contributed by atoms with Crippen molar-refractivity contribution in [1.29, 1.82) is 0 Å². The Bertz CT molecular complexity index is 550. The lowest BCUT2D eigenvalue weighted by molar-refractivity contribution is 0.0872. The molecule has 25 heavy (non-hydrogen) atoms. The van der Waals surface area contributed by atoms with Gasteiger partial charge >= 0.3 is 0 Å². The Hall–Kier alpha value is -1.43. The molecular formula is C20H31N3O2.